The number of amides is 1. The molecule has 0 atom stereocenters. The Bertz CT molecular complexity index is 543. The molecule has 1 aromatic heterocycles. The molecule has 104 valence electrons. The van der Waals surface area contributed by atoms with Gasteiger partial charge in [-0.1, -0.05) is 18.2 Å². The minimum atomic E-state index is -0.0348. The lowest BCUT2D eigenvalue weighted by Crippen LogP contribution is -2.25. The normalized spacial score (nSPS) is 10.1. The average molecular weight is 334 g/mol. The molecule has 0 spiro atoms. The molecule has 1 heterocycles. The van der Waals surface area contributed by atoms with Gasteiger partial charge in [0, 0.05) is 29.3 Å². The van der Waals surface area contributed by atoms with Gasteiger partial charge in [-0.25, -0.2) is 4.98 Å². The maximum Gasteiger partial charge on any atom is 0.251 e. The van der Waals surface area contributed by atoms with Crippen LogP contribution in [-0.4, -0.2) is 24.0 Å². The van der Waals surface area contributed by atoms with Crippen LogP contribution in [0.4, 0.5) is 5.82 Å². The zero-order valence-electron chi connectivity index (χ0n) is 11.0. The fourth-order valence-corrected chi connectivity index (χ4v) is 1.91. The predicted molar refractivity (Wildman–Crippen MR) is 83.8 cm³/mol. The van der Waals surface area contributed by atoms with E-state index < -0.39 is 0 Å². The zero-order chi connectivity index (χ0) is 14.2. The van der Waals surface area contributed by atoms with Crippen molar-refractivity contribution in [2.45, 2.75) is 6.42 Å². The summed E-state index contributed by atoms with van der Waals surface area (Å²) in [5, 5.41) is 6.09. The van der Waals surface area contributed by atoms with Crippen LogP contribution < -0.4 is 10.6 Å². The third-order valence-electron chi connectivity index (χ3n) is 2.71. The molecule has 0 bridgehead atoms. The maximum absolute atomic E-state index is 11.8. The number of benzene rings is 1. The van der Waals surface area contributed by atoms with Gasteiger partial charge in [0.25, 0.3) is 5.91 Å². The van der Waals surface area contributed by atoms with Crippen molar-refractivity contribution in [2.24, 2.45) is 0 Å². The van der Waals surface area contributed by atoms with Gasteiger partial charge in [0.2, 0.25) is 0 Å². The second-order valence-electron chi connectivity index (χ2n) is 4.26. The third-order valence-corrected chi connectivity index (χ3v) is 3.18. The van der Waals surface area contributed by atoms with E-state index in [1.54, 1.807) is 18.3 Å². The highest BCUT2D eigenvalue weighted by molar-refractivity contribution is 9.10. The summed E-state index contributed by atoms with van der Waals surface area (Å²) < 4.78 is 0.957. The lowest BCUT2D eigenvalue weighted by Gasteiger charge is -2.07. The van der Waals surface area contributed by atoms with E-state index in [-0.39, 0.29) is 5.91 Å². The number of rotatable bonds is 6. The molecule has 0 aliphatic heterocycles. The quantitative estimate of drug-likeness (QED) is 0.799. The minimum Gasteiger partial charge on any atom is -0.370 e. The second-order valence-corrected chi connectivity index (χ2v) is 5.18. The van der Waals surface area contributed by atoms with Crippen molar-refractivity contribution in [2.75, 3.05) is 18.4 Å². The summed E-state index contributed by atoms with van der Waals surface area (Å²) in [4.78, 5) is 16.0. The van der Waals surface area contributed by atoms with Gasteiger partial charge < -0.3 is 10.6 Å². The molecule has 20 heavy (non-hydrogen) atoms. The highest BCUT2D eigenvalue weighted by atomic mass is 79.9. The number of carbonyl (C=O) groups excluding carboxylic acids is 1. The number of anilines is 1. The Morgan fingerprint density at radius 3 is 2.60 bits per heavy atom. The number of aromatic nitrogens is 1. The first-order chi connectivity index (χ1) is 9.75. The van der Waals surface area contributed by atoms with Crippen molar-refractivity contribution >= 4 is 27.7 Å². The molecule has 0 saturated heterocycles. The number of nitrogens with zero attached hydrogens (tertiary/aromatic N) is 1. The third kappa shape index (κ3) is 4.66. The van der Waals surface area contributed by atoms with E-state index >= 15 is 0 Å². The molecule has 1 amide bonds. The van der Waals surface area contributed by atoms with Crippen LogP contribution >= 0.6 is 15.9 Å². The van der Waals surface area contributed by atoms with Gasteiger partial charge >= 0.3 is 0 Å². The van der Waals surface area contributed by atoms with Crippen molar-refractivity contribution in [3.05, 3.63) is 58.7 Å². The molecule has 4 nitrogen and oxygen atoms in total. The number of carbonyl (C=O) groups is 1. The summed E-state index contributed by atoms with van der Waals surface area (Å²) in [5.41, 5.74) is 0.690. The van der Waals surface area contributed by atoms with Crippen LogP contribution in [0.1, 0.15) is 16.8 Å². The maximum atomic E-state index is 11.8. The molecule has 0 saturated carbocycles. The molecule has 2 rings (SSSR count). The van der Waals surface area contributed by atoms with Crippen LogP contribution in [0, 0.1) is 0 Å². The Morgan fingerprint density at radius 1 is 1.10 bits per heavy atom. The second kappa shape index (κ2) is 7.65. The van der Waals surface area contributed by atoms with Gasteiger partial charge in [-0.05, 0) is 46.6 Å². The van der Waals surface area contributed by atoms with Crippen LogP contribution in [0.15, 0.2) is 53.1 Å². The highest BCUT2D eigenvalue weighted by Gasteiger charge is 2.02. The summed E-state index contributed by atoms with van der Waals surface area (Å²) >= 11 is 3.34. The number of hydrogen-bond donors (Lipinski definition) is 2. The van der Waals surface area contributed by atoms with E-state index in [1.807, 2.05) is 30.3 Å². The smallest absolute Gasteiger partial charge is 0.251 e. The van der Waals surface area contributed by atoms with E-state index in [0.29, 0.717) is 12.1 Å². The number of pyridine rings is 1. The molecule has 0 aliphatic carbocycles. The Morgan fingerprint density at radius 2 is 1.90 bits per heavy atom. The van der Waals surface area contributed by atoms with Crippen molar-refractivity contribution in [1.82, 2.24) is 10.3 Å². The molecule has 0 fully saturated rings. The first-order valence-corrected chi connectivity index (χ1v) is 7.24. The lowest BCUT2D eigenvalue weighted by molar-refractivity contribution is 0.0953. The number of halogens is 1. The summed E-state index contributed by atoms with van der Waals surface area (Å²) in [5.74, 6) is 0.801. The van der Waals surface area contributed by atoms with Gasteiger partial charge in [-0.15, -0.1) is 0 Å². The predicted octanol–water partition coefficient (Wildman–Crippen LogP) is 3.08. The Hall–Kier alpha value is -1.88. The first kappa shape index (κ1) is 14.5. The molecular weight excluding hydrogens is 318 g/mol. The molecule has 2 aromatic rings. The van der Waals surface area contributed by atoms with Gasteiger partial charge in [-0.3, -0.25) is 4.79 Å². The minimum absolute atomic E-state index is 0.0348. The molecule has 2 N–H and O–H groups in total. The van der Waals surface area contributed by atoms with E-state index in [9.17, 15) is 4.79 Å². The van der Waals surface area contributed by atoms with Crippen molar-refractivity contribution < 1.29 is 4.79 Å². The Balaban J connectivity index is 1.64. The molecule has 0 unspecified atom stereocenters. The monoisotopic (exact) mass is 333 g/mol. The summed E-state index contributed by atoms with van der Waals surface area (Å²) in [6.07, 6.45) is 2.59. The molecule has 1 aromatic carbocycles. The average Bonchev–Trinajstić information content (AvgIpc) is 2.49. The topological polar surface area (TPSA) is 54.0 Å². The van der Waals surface area contributed by atoms with E-state index in [0.717, 1.165) is 23.3 Å². The van der Waals surface area contributed by atoms with Crippen molar-refractivity contribution in [3.8, 4) is 0 Å². The standard InChI is InChI=1S/C15H16BrN3O/c16-13-7-8-14(19-11-13)17-9-4-10-18-15(20)12-5-2-1-3-6-12/h1-3,5-8,11H,4,9-10H2,(H,17,19)(H,18,20). The highest BCUT2D eigenvalue weighted by Crippen LogP contribution is 2.10. The van der Waals surface area contributed by atoms with Crippen LogP contribution in [-0.2, 0) is 0 Å². The van der Waals surface area contributed by atoms with E-state index in [4.69, 9.17) is 0 Å². The SMILES string of the molecule is O=C(NCCCNc1ccc(Br)cn1)c1ccccc1. The van der Waals surface area contributed by atoms with Gasteiger partial charge in [-0.2, -0.15) is 0 Å². The summed E-state index contributed by atoms with van der Waals surface area (Å²) in [7, 11) is 0. The van der Waals surface area contributed by atoms with E-state index in [1.165, 1.54) is 0 Å². The molecule has 5 heteroatoms. The largest absolute Gasteiger partial charge is 0.370 e. The molecule has 0 radical (unpaired) electrons. The number of hydrogen-bond acceptors (Lipinski definition) is 3. The number of nitrogens with one attached hydrogen (secondary N) is 2. The van der Waals surface area contributed by atoms with Gasteiger partial charge in [0.15, 0.2) is 0 Å². The van der Waals surface area contributed by atoms with Crippen molar-refractivity contribution in [3.63, 3.8) is 0 Å². The van der Waals surface area contributed by atoms with Crippen LogP contribution in [0.25, 0.3) is 0 Å². The van der Waals surface area contributed by atoms with Crippen LogP contribution in [0.3, 0.4) is 0 Å². The van der Waals surface area contributed by atoms with Crippen LogP contribution in [0.5, 0.6) is 0 Å². The fraction of sp³-hybridized carbons (Fsp3) is 0.200. The first-order valence-electron chi connectivity index (χ1n) is 6.44. The Kier molecular flexibility index (Phi) is 5.55. The zero-order valence-corrected chi connectivity index (χ0v) is 12.6. The summed E-state index contributed by atoms with van der Waals surface area (Å²) in [6, 6.07) is 13.1. The molecule has 0 aliphatic rings. The fourth-order valence-electron chi connectivity index (χ4n) is 1.68. The van der Waals surface area contributed by atoms with E-state index in [2.05, 4.69) is 31.5 Å². The molecular formula is C15H16BrN3O. The summed E-state index contributed by atoms with van der Waals surface area (Å²) in [6.45, 7) is 1.40. The lowest BCUT2D eigenvalue weighted by atomic mass is 10.2. The van der Waals surface area contributed by atoms with Gasteiger partial charge in [0.05, 0.1) is 0 Å². The van der Waals surface area contributed by atoms with Crippen molar-refractivity contribution in [1.29, 1.82) is 0 Å². The Labute approximate surface area is 126 Å². The van der Waals surface area contributed by atoms with Crippen LogP contribution in [0.2, 0.25) is 0 Å². The van der Waals surface area contributed by atoms with Gasteiger partial charge in [0.1, 0.15) is 5.82 Å².